The number of hydrogen-bond donors (Lipinski definition) is 3. The van der Waals surface area contributed by atoms with Crippen molar-refractivity contribution < 1.29 is 37.2 Å². The van der Waals surface area contributed by atoms with Gasteiger partial charge in [0.05, 0.1) is 13.2 Å². The summed E-state index contributed by atoms with van der Waals surface area (Å²) >= 11 is 0. The highest BCUT2D eigenvalue weighted by atomic mass is 31.2. The van der Waals surface area contributed by atoms with E-state index in [1.165, 1.54) is 12.3 Å². The third kappa shape index (κ3) is 6.24. The van der Waals surface area contributed by atoms with Gasteiger partial charge in [0.1, 0.15) is 24.3 Å². The van der Waals surface area contributed by atoms with Crippen LogP contribution in [-0.2, 0) is 34.0 Å². The summed E-state index contributed by atoms with van der Waals surface area (Å²) in [7, 11) is -7.43. The Morgan fingerprint density at radius 3 is 2.70 bits per heavy atom. The Morgan fingerprint density at radius 1 is 1.30 bits per heavy atom. The molecule has 1 aliphatic rings. The number of phosphoric acid groups is 1. The van der Waals surface area contributed by atoms with E-state index in [-0.39, 0.29) is 18.8 Å². The van der Waals surface area contributed by atoms with Gasteiger partial charge in [-0.25, -0.2) is 9.36 Å². The van der Waals surface area contributed by atoms with E-state index in [1.54, 1.807) is 30.3 Å². The Morgan fingerprint density at radius 2 is 2.03 bits per heavy atom. The Kier molecular flexibility index (Phi) is 7.45. The molecule has 3 rings (SSSR count). The first kappa shape index (κ1) is 22.7. The summed E-state index contributed by atoms with van der Waals surface area (Å²) in [6, 6.07) is 10.1. The average molecular weight is 460 g/mol. The standard InChI is InChI=1S/C16H19N3O9P2/c17-14-6-7-19(16(20)18-14)15-8-12(28-29(21)22)13(27-15)10-26-30(23,24)25-9-11-4-2-1-3-5-11/h1-7,12-13,15H,8-10H2,(H3-,17,18,20,21,22,23,24)/p+1/t12-,13+,15+/m0/s1. The van der Waals surface area contributed by atoms with Crippen molar-refractivity contribution in [3.63, 3.8) is 0 Å². The van der Waals surface area contributed by atoms with Crippen LogP contribution in [0.5, 0.6) is 0 Å². The highest BCUT2D eigenvalue weighted by Gasteiger charge is 2.43. The maximum Gasteiger partial charge on any atom is 0.695 e. The van der Waals surface area contributed by atoms with Crippen molar-refractivity contribution in [3.8, 4) is 0 Å². The van der Waals surface area contributed by atoms with Crippen LogP contribution in [0.25, 0.3) is 0 Å². The zero-order chi connectivity index (χ0) is 21.7. The lowest BCUT2D eigenvalue weighted by atomic mass is 10.2. The van der Waals surface area contributed by atoms with Gasteiger partial charge in [-0.3, -0.25) is 13.6 Å². The second kappa shape index (κ2) is 9.86. The van der Waals surface area contributed by atoms with E-state index in [1.807, 2.05) is 0 Å². The summed E-state index contributed by atoms with van der Waals surface area (Å²) in [4.78, 5) is 34.6. The van der Waals surface area contributed by atoms with E-state index >= 15 is 0 Å². The number of hydrogen-bond acceptors (Lipinski definition) is 9. The number of benzene rings is 1. The van der Waals surface area contributed by atoms with Crippen molar-refractivity contribution in [2.24, 2.45) is 0 Å². The lowest BCUT2D eigenvalue weighted by Gasteiger charge is -2.18. The monoisotopic (exact) mass is 460 g/mol. The van der Waals surface area contributed by atoms with Crippen LogP contribution >= 0.6 is 16.1 Å². The molecule has 4 N–H and O–H groups in total. The Labute approximate surface area is 171 Å². The van der Waals surface area contributed by atoms with Gasteiger partial charge in [0.25, 0.3) is 0 Å². The number of nitrogen functional groups attached to an aromatic ring is 1. The number of nitrogens with zero attached hydrogens (tertiary/aromatic N) is 2. The first-order valence-corrected chi connectivity index (χ1v) is 11.3. The molecular weight excluding hydrogens is 440 g/mol. The number of rotatable bonds is 9. The van der Waals surface area contributed by atoms with Crippen LogP contribution in [0.15, 0.2) is 47.4 Å². The minimum absolute atomic E-state index is 0.00175. The van der Waals surface area contributed by atoms with Gasteiger partial charge in [0.15, 0.2) is 0 Å². The SMILES string of the molecule is Nc1ccn([C@H]2C[C@H](O[P+](=O)O)[C@@H](COP(=O)(O)OCc3ccccc3)O2)c(=O)n1. The van der Waals surface area contributed by atoms with Gasteiger partial charge in [-0.2, -0.15) is 4.98 Å². The Balaban J connectivity index is 1.64. The van der Waals surface area contributed by atoms with E-state index in [0.29, 0.717) is 5.56 Å². The maximum absolute atomic E-state index is 12.1. The molecule has 1 aromatic heterocycles. The number of nitrogens with two attached hydrogens (primary N) is 1. The molecule has 2 unspecified atom stereocenters. The summed E-state index contributed by atoms with van der Waals surface area (Å²) in [6.07, 6.45) is -1.55. The molecule has 2 aromatic rings. The zero-order valence-electron chi connectivity index (χ0n) is 15.5. The minimum atomic E-state index is -4.45. The molecule has 0 radical (unpaired) electrons. The first-order chi connectivity index (χ1) is 14.2. The zero-order valence-corrected chi connectivity index (χ0v) is 17.3. The fraction of sp³-hybridized carbons (Fsp3) is 0.375. The highest BCUT2D eigenvalue weighted by molar-refractivity contribution is 7.47. The van der Waals surface area contributed by atoms with Gasteiger partial charge >= 0.3 is 21.8 Å². The van der Waals surface area contributed by atoms with E-state index < -0.39 is 46.8 Å². The predicted molar refractivity (Wildman–Crippen MR) is 103 cm³/mol. The van der Waals surface area contributed by atoms with Crippen LogP contribution in [-0.4, -0.2) is 38.2 Å². The first-order valence-electron chi connectivity index (χ1n) is 8.72. The molecule has 12 nitrogen and oxygen atoms in total. The topological polar surface area (TPSA) is 172 Å². The van der Waals surface area contributed by atoms with E-state index in [2.05, 4.69) is 4.98 Å². The summed E-state index contributed by atoms with van der Waals surface area (Å²) in [5, 5.41) is 0. The fourth-order valence-corrected chi connectivity index (χ4v) is 4.00. The fourth-order valence-electron chi connectivity index (χ4n) is 2.83. The summed E-state index contributed by atoms with van der Waals surface area (Å²) in [5.41, 5.74) is 5.44. The van der Waals surface area contributed by atoms with E-state index in [4.69, 9.17) is 28.9 Å². The van der Waals surface area contributed by atoms with E-state index in [9.17, 15) is 18.8 Å². The molecule has 162 valence electrons. The van der Waals surface area contributed by atoms with Crippen LogP contribution in [0.2, 0.25) is 0 Å². The van der Waals surface area contributed by atoms with Crippen molar-refractivity contribution in [2.45, 2.75) is 31.5 Å². The minimum Gasteiger partial charge on any atom is -0.383 e. The highest BCUT2D eigenvalue weighted by Crippen LogP contribution is 2.45. The van der Waals surface area contributed by atoms with Crippen molar-refractivity contribution in [3.05, 3.63) is 58.6 Å². The van der Waals surface area contributed by atoms with Gasteiger partial charge in [-0.1, -0.05) is 30.3 Å². The van der Waals surface area contributed by atoms with Crippen LogP contribution in [0, 0.1) is 0 Å². The lowest BCUT2D eigenvalue weighted by Crippen LogP contribution is -2.28. The van der Waals surface area contributed by atoms with Gasteiger partial charge < -0.3 is 15.4 Å². The largest absolute Gasteiger partial charge is 0.695 e. The third-order valence-corrected chi connectivity index (χ3v) is 5.59. The summed E-state index contributed by atoms with van der Waals surface area (Å²) in [5.74, 6) is 0.0251. The van der Waals surface area contributed by atoms with Crippen molar-refractivity contribution in [1.82, 2.24) is 9.55 Å². The second-order valence-corrected chi connectivity index (χ2v) is 8.45. The van der Waals surface area contributed by atoms with Crippen LogP contribution in [0.1, 0.15) is 18.2 Å². The van der Waals surface area contributed by atoms with E-state index in [0.717, 1.165) is 4.57 Å². The molecule has 5 atom stereocenters. The smallest absolute Gasteiger partial charge is 0.383 e. The van der Waals surface area contributed by atoms with Gasteiger partial charge in [0, 0.05) is 17.2 Å². The number of anilines is 1. The van der Waals surface area contributed by atoms with Crippen LogP contribution in [0.3, 0.4) is 0 Å². The molecule has 0 bridgehead atoms. The van der Waals surface area contributed by atoms with Crippen LogP contribution in [0.4, 0.5) is 5.82 Å². The van der Waals surface area contributed by atoms with Crippen molar-refractivity contribution in [2.75, 3.05) is 12.3 Å². The molecular formula is C16H20N3O9P2+. The van der Waals surface area contributed by atoms with Gasteiger partial charge in [-0.05, 0) is 11.6 Å². The molecule has 2 heterocycles. The Hall–Kier alpha value is -2.01. The molecule has 0 spiro atoms. The molecule has 30 heavy (non-hydrogen) atoms. The number of aromatic nitrogens is 2. The summed E-state index contributed by atoms with van der Waals surface area (Å²) in [6.45, 7) is -0.637. The molecule has 0 saturated carbocycles. The molecule has 14 heteroatoms. The van der Waals surface area contributed by atoms with Gasteiger partial charge in [-0.15, -0.1) is 9.42 Å². The lowest BCUT2D eigenvalue weighted by molar-refractivity contribution is -0.0432. The van der Waals surface area contributed by atoms with Crippen molar-refractivity contribution >= 4 is 21.9 Å². The number of phosphoric ester groups is 1. The molecule has 0 aliphatic carbocycles. The third-order valence-electron chi connectivity index (χ3n) is 4.21. The molecule has 1 fully saturated rings. The average Bonchev–Trinajstić information content (AvgIpc) is 3.07. The normalized spacial score (nSPS) is 23.8. The maximum atomic E-state index is 12.1. The van der Waals surface area contributed by atoms with Crippen molar-refractivity contribution in [1.29, 1.82) is 0 Å². The molecule has 1 aliphatic heterocycles. The van der Waals surface area contributed by atoms with Gasteiger partial charge in [0.2, 0.25) is 0 Å². The predicted octanol–water partition coefficient (Wildman–Crippen LogP) is 1.48. The molecule has 1 saturated heterocycles. The van der Waals surface area contributed by atoms with Crippen LogP contribution < -0.4 is 11.4 Å². The number of ether oxygens (including phenoxy) is 1. The molecule has 0 amide bonds. The second-order valence-electron chi connectivity index (χ2n) is 6.31. The Bertz CT molecular complexity index is 987. The summed E-state index contributed by atoms with van der Waals surface area (Å²) < 4.78 is 44.9. The quantitative estimate of drug-likeness (QED) is 0.463. The molecule has 1 aromatic carbocycles.